The number of rotatable bonds is 3. The first-order chi connectivity index (χ1) is 9.65. The van der Waals surface area contributed by atoms with Gasteiger partial charge < -0.3 is 9.67 Å². The van der Waals surface area contributed by atoms with Crippen LogP contribution in [0.2, 0.25) is 5.15 Å². The molecule has 20 heavy (non-hydrogen) atoms. The van der Waals surface area contributed by atoms with Crippen LogP contribution in [0.1, 0.15) is 17.5 Å². The second-order valence-corrected chi connectivity index (χ2v) is 5.09. The predicted molar refractivity (Wildman–Crippen MR) is 78.6 cm³/mol. The summed E-state index contributed by atoms with van der Waals surface area (Å²) in [5.74, 6) is 0.839. The maximum absolute atomic E-state index is 10.3. The van der Waals surface area contributed by atoms with E-state index in [0.717, 1.165) is 22.4 Å². The molecule has 0 fully saturated rings. The Morgan fingerprint density at radius 2 is 2.10 bits per heavy atom. The number of hydrogen-bond acceptors (Lipinski definition) is 3. The third kappa shape index (κ3) is 2.40. The summed E-state index contributed by atoms with van der Waals surface area (Å²) < 4.78 is 2.00. The van der Waals surface area contributed by atoms with E-state index in [4.69, 9.17) is 11.6 Å². The number of aliphatic hydroxyl groups excluding tert-OH is 1. The Labute approximate surface area is 121 Å². The van der Waals surface area contributed by atoms with E-state index in [1.807, 2.05) is 35.9 Å². The number of aliphatic hydroxyl groups is 1. The van der Waals surface area contributed by atoms with E-state index in [-0.39, 0.29) is 0 Å². The zero-order valence-corrected chi connectivity index (χ0v) is 11.7. The normalized spacial score (nSPS) is 12.8. The first kappa shape index (κ1) is 13.1. The Morgan fingerprint density at radius 3 is 2.85 bits per heavy atom. The topological polar surface area (TPSA) is 50.9 Å². The second-order valence-electron chi connectivity index (χ2n) is 4.71. The van der Waals surface area contributed by atoms with E-state index in [2.05, 4.69) is 9.97 Å². The number of pyridine rings is 1. The molecule has 0 bridgehead atoms. The number of benzene rings is 1. The van der Waals surface area contributed by atoms with Gasteiger partial charge in [0.1, 0.15) is 11.0 Å². The van der Waals surface area contributed by atoms with Gasteiger partial charge in [-0.05, 0) is 29.8 Å². The van der Waals surface area contributed by atoms with E-state index in [1.54, 1.807) is 18.3 Å². The van der Waals surface area contributed by atoms with Crippen LogP contribution in [0.15, 0.2) is 42.6 Å². The summed E-state index contributed by atoms with van der Waals surface area (Å²) in [4.78, 5) is 8.47. The molecular formula is C15H14ClN3O. The molecule has 0 radical (unpaired) electrons. The fourth-order valence-electron chi connectivity index (χ4n) is 2.29. The Balaban J connectivity index is 1.91. The average molecular weight is 288 g/mol. The molecule has 2 aromatic heterocycles. The zero-order valence-electron chi connectivity index (χ0n) is 11.0. The van der Waals surface area contributed by atoms with E-state index in [9.17, 15) is 5.11 Å². The molecule has 0 saturated heterocycles. The smallest absolute Gasteiger partial charge is 0.129 e. The van der Waals surface area contributed by atoms with Gasteiger partial charge in [0.25, 0.3) is 0 Å². The van der Waals surface area contributed by atoms with Crippen molar-refractivity contribution in [3.8, 4) is 0 Å². The van der Waals surface area contributed by atoms with Crippen LogP contribution in [0.5, 0.6) is 0 Å². The number of nitrogens with zero attached hydrogens (tertiary/aromatic N) is 3. The van der Waals surface area contributed by atoms with E-state index in [1.165, 1.54) is 0 Å². The first-order valence-corrected chi connectivity index (χ1v) is 6.73. The van der Waals surface area contributed by atoms with E-state index in [0.29, 0.717) is 11.6 Å². The Hall–Kier alpha value is -1.91. The monoisotopic (exact) mass is 287 g/mol. The van der Waals surface area contributed by atoms with Gasteiger partial charge in [-0.2, -0.15) is 0 Å². The SMILES string of the molecule is Cn1c(CC(O)c2ccnc(Cl)c2)nc2ccccc21. The van der Waals surface area contributed by atoms with Crippen molar-refractivity contribution < 1.29 is 5.11 Å². The summed E-state index contributed by atoms with van der Waals surface area (Å²) >= 11 is 5.84. The lowest BCUT2D eigenvalue weighted by atomic mass is 10.1. The molecule has 0 aliphatic carbocycles. The van der Waals surface area contributed by atoms with Gasteiger partial charge in [-0.25, -0.2) is 9.97 Å². The van der Waals surface area contributed by atoms with Crippen molar-refractivity contribution in [2.45, 2.75) is 12.5 Å². The van der Waals surface area contributed by atoms with Crippen LogP contribution in [-0.2, 0) is 13.5 Å². The summed E-state index contributed by atoms with van der Waals surface area (Å²) in [5, 5.41) is 10.7. The summed E-state index contributed by atoms with van der Waals surface area (Å²) in [7, 11) is 1.96. The Kier molecular flexibility index (Phi) is 3.42. The van der Waals surface area contributed by atoms with Crippen molar-refractivity contribution in [1.82, 2.24) is 14.5 Å². The highest BCUT2D eigenvalue weighted by Crippen LogP contribution is 2.22. The number of aryl methyl sites for hydroxylation is 1. The standard InChI is InChI=1S/C15H14ClN3O/c1-19-12-5-3-2-4-11(12)18-15(19)9-13(20)10-6-7-17-14(16)8-10/h2-8,13,20H,9H2,1H3. The molecule has 0 aliphatic heterocycles. The highest BCUT2D eigenvalue weighted by atomic mass is 35.5. The summed E-state index contributed by atoms with van der Waals surface area (Å²) in [5.41, 5.74) is 2.74. The Morgan fingerprint density at radius 1 is 1.30 bits per heavy atom. The van der Waals surface area contributed by atoms with Crippen molar-refractivity contribution >= 4 is 22.6 Å². The Bertz CT molecular complexity index is 754. The van der Waals surface area contributed by atoms with E-state index < -0.39 is 6.10 Å². The van der Waals surface area contributed by atoms with Crippen molar-refractivity contribution in [2.75, 3.05) is 0 Å². The molecule has 3 rings (SSSR count). The lowest BCUT2D eigenvalue weighted by Gasteiger charge is -2.11. The van der Waals surface area contributed by atoms with Crippen LogP contribution < -0.4 is 0 Å². The second kappa shape index (κ2) is 5.23. The number of imidazole rings is 1. The van der Waals surface area contributed by atoms with Crippen molar-refractivity contribution in [3.63, 3.8) is 0 Å². The molecule has 5 heteroatoms. The highest BCUT2D eigenvalue weighted by molar-refractivity contribution is 6.29. The van der Waals surface area contributed by atoms with Crippen LogP contribution in [0.3, 0.4) is 0 Å². The van der Waals surface area contributed by atoms with Crippen molar-refractivity contribution in [3.05, 3.63) is 59.1 Å². The van der Waals surface area contributed by atoms with Gasteiger partial charge >= 0.3 is 0 Å². The summed E-state index contributed by atoms with van der Waals surface area (Å²) in [6.45, 7) is 0. The summed E-state index contributed by atoms with van der Waals surface area (Å²) in [6.07, 6.45) is 1.38. The molecular weight excluding hydrogens is 274 g/mol. The van der Waals surface area contributed by atoms with Gasteiger partial charge in [-0.3, -0.25) is 0 Å². The molecule has 0 aliphatic rings. The maximum Gasteiger partial charge on any atom is 0.129 e. The van der Waals surface area contributed by atoms with Crippen molar-refractivity contribution in [2.24, 2.45) is 7.05 Å². The van der Waals surface area contributed by atoms with Crippen LogP contribution in [0.25, 0.3) is 11.0 Å². The zero-order chi connectivity index (χ0) is 14.1. The largest absolute Gasteiger partial charge is 0.388 e. The average Bonchev–Trinajstić information content (AvgIpc) is 2.76. The lowest BCUT2D eigenvalue weighted by Crippen LogP contribution is -2.07. The quantitative estimate of drug-likeness (QED) is 0.754. The minimum atomic E-state index is -0.647. The van der Waals surface area contributed by atoms with Gasteiger partial charge in [0, 0.05) is 19.7 Å². The molecule has 3 aromatic rings. The lowest BCUT2D eigenvalue weighted by molar-refractivity contribution is 0.175. The predicted octanol–water partition coefficient (Wildman–Crippen LogP) is 2.90. The van der Waals surface area contributed by atoms with Crippen molar-refractivity contribution in [1.29, 1.82) is 0 Å². The fraction of sp³-hybridized carbons (Fsp3) is 0.200. The number of halogens is 1. The molecule has 1 N–H and O–H groups in total. The number of fused-ring (bicyclic) bond motifs is 1. The van der Waals surface area contributed by atoms with Crippen LogP contribution in [0, 0.1) is 0 Å². The molecule has 4 nitrogen and oxygen atoms in total. The number of hydrogen-bond donors (Lipinski definition) is 1. The minimum absolute atomic E-state index is 0.381. The fourth-order valence-corrected chi connectivity index (χ4v) is 2.48. The highest BCUT2D eigenvalue weighted by Gasteiger charge is 2.14. The third-order valence-corrected chi connectivity index (χ3v) is 3.60. The number of aromatic nitrogens is 3. The molecule has 1 unspecified atom stereocenters. The van der Waals surface area contributed by atoms with Gasteiger partial charge in [0.15, 0.2) is 0 Å². The van der Waals surface area contributed by atoms with E-state index >= 15 is 0 Å². The molecule has 102 valence electrons. The van der Waals surface area contributed by atoms with Crippen LogP contribution in [0.4, 0.5) is 0 Å². The molecule has 1 atom stereocenters. The summed E-state index contributed by atoms with van der Waals surface area (Å²) in [6, 6.07) is 11.4. The van der Waals surface area contributed by atoms with Gasteiger partial charge in [-0.1, -0.05) is 23.7 Å². The molecule has 0 amide bonds. The number of para-hydroxylation sites is 2. The molecule has 0 saturated carbocycles. The van der Waals surface area contributed by atoms with Crippen LogP contribution >= 0.6 is 11.6 Å². The minimum Gasteiger partial charge on any atom is -0.388 e. The van der Waals surface area contributed by atoms with Crippen LogP contribution in [-0.4, -0.2) is 19.6 Å². The molecule has 1 aromatic carbocycles. The third-order valence-electron chi connectivity index (χ3n) is 3.39. The maximum atomic E-state index is 10.3. The molecule has 0 spiro atoms. The molecule has 2 heterocycles. The van der Waals surface area contributed by atoms with Gasteiger partial charge in [0.05, 0.1) is 17.1 Å². The first-order valence-electron chi connectivity index (χ1n) is 6.35. The van der Waals surface area contributed by atoms with Gasteiger partial charge in [-0.15, -0.1) is 0 Å². The van der Waals surface area contributed by atoms with Gasteiger partial charge in [0.2, 0.25) is 0 Å².